The molecule has 3 rings (SSSR count). The number of anilines is 1. The molecule has 0 aliphatic heterocycles. The molecule has 2 aromatic heterocycles. The van der Waals surface area contributed by atoms with Crippen molar-refractivity contribution in [1.82, 2.24) is 25.0 Å². The van der Waals surface area contributed by atoms with Crippen LogP contribution < -0.4 is 5.32 Å². The van der Waals surface area contributed by atoms with E-state index in [9.17, 15) is 4.79 Å². The second-order valence-corrected chi connectivity index (χ2v) is 6.13. The van der Waals surface area contributed by atoms with Crippen LogP contribution >= 0.6 is 23.6 Å². The molecule has 0 radical (unpaired) electrons. The summed E-state index contributed by atoms with van der Waals surface area (Å²) >= 11 is 6.54. The second kappa shape index (κ2) is 6.80. The molecular formula is C14H14N6OS2. The third kappa shape index (κ3) is 3.69. The number of rotatable bonds is 5. The third-order valence-corrected chi connectivity index (χ3v) is 4.16. The number of carbonyl (C=O) groups is 1. The van der Waals surface area contributed by atoms with Crippen molar-refractivity contribution in [3.63, 3.8) is 0 Å². The van der Waals surface area contributed by atoms with Gasteiger partial charge in [-0.2, -0.15) is 5.10 Å². The van der Waals surface area contributed by atoms with Crippen molar-refractivity contribution in [3.8, 4) is 11.4 Å². The van der Waals surface area contributed by atoms with Gasteiger partial charge in [0.2, 0.25) is 11.0 Å². The van der Waals surface area contributed by atoms with E-state index < -0.39 is 0 Å². The van der Waals surface area contributed by atoms with E-state index in [0.717, 1.165) is 11.4 Å². The molecule has 0 aliphatic rings. The van der Waals surface area contributed by atoms with Gasteiger partial charge in [0.25, 0.3) is 0 Å². The minimum atomic E-state index is -0.139. The Bertz CT molecular complexity index is 850. The normalized spacial score (nSPS) is 10.7. The molecule has 2 N–H and O–H groups in total. The van der Waals surface area contributed by atoms with Crippen molar-refractivity contribution in [2.24, 2.45) is 0 Å². The Balaban J connectivity index is 1.73. The first-order valence-corrected chi connectivity index (χ1v) is 8.20. The average molecular weight is 346 g/mol. The van der Waals surface area contributed by atoms with E-state index in [1.54, 1.807) is 5.51 Å². The maximum Gasteiger partial charge on any atom is 0.227 e. The monoisotopic (exact) mass is 346 g/mol. The number of nitrogens with zero attached hydrogens (tertiary/aromatic N) is 4. The summed E-state index contributed by atoms with van der Waals surface area (Å²) in [5.74, 6) is 0.582. The predicted octanol–water partition coefficient (Wildman–Crippen LogP) is 2.80. The summed E-state index contributed by atoms with van der Waals surface area (Å²) in [6.07, 6.45) is 0.270. The first-order valence-electron chi connectivity index (χ1n) is 6.92. The fraction of sp³-hybridized carbons (Fsp3) is 0.214. The number of aryl methyl sites for hydroxylation is 1. The average Bonchev–Trinajstić information content (AvgIpc) is 3.16. The Hall–Kier alpha value is -2.39. The Morgan fingerprint density at radius 3 is 2.87 bits per heavy atom. The van der Waals surface area contributed by atoms with Gasteiger partial charge in [0.1, 0.15) is 5.51 Å². The molecule has 2 heterocycles. The van der Waals surface area contributed by atoms with Crippen LogP contribution in [0.4, 0.5) is 5.13 Å². The first-order chi connectivity index (χ1) is 11.1. The van der Waals surface area contributed by atoms with Crippen LogP contribution in [0, 0.1) is 11.7 Å². The summed E-state index contributed by atoms with van der Waals surface area (Å²) in [4.78, 5) is 12.0. The quantitative estimate of drug-likeness (QED) is 0.694. The molecule has 0 bridgehead atoms. The van der Waals surface area contributed by atoms with Crippen molar-refractivity contribution < 1.29 is 4.79 Å². The van der Waals surface area contributed by atoms with Gasteiger partial charge < -0.3 is 5.32 Å². The van der Waals surface area contributed by atoms with Gasteiger partial charge in [-0.25, -0.2) is 0 Å². The lowest BCUT2D eigenvalue weighted by Gasteiger charge is -2.07. The zero-order valence-electron chi connectivity index (χ0n) is 12.3. The number of hydrogen-bond donors (Lipinski definition) is 2. The Morgan fingerprint density at radius 1 is 1.39 bits per heavy atom. The highest BCUT2D eigenvalue weighted by molar-refractivity contribution is 7.71. The summed E-state index contributed by atoms with van der Waals surface area (Å²) in [7, 11) is 0. The van der Waals surface area contributed by atoms with Crippen molar-refractivity contribution in [3.05, 3.63) is 40.1 Å². The molecule has 0 atom stereocenters. The highest BCUT2D eigenvalue weighted by atomic mass is 32.1. The molecule has 23 heavy (non-hydrogen) atoms. The highest BCUT2D eigenvalue weighted by Crippen LogP contribution is 2.18. The van der Waals surface area contributed by atoms with Gasteiger partial charge in [0.05, 0.1) is 0 Å². The van der Waals surface area contributed by atoms with E-state index in [1.807, 2.05) is 35.8 Å². The van der Waals surface area contributed by atoms with Gasteiger partial charge in [-0.3, -0.25) is 14.5 Å². The third-order valence-electron chi connectivity index (χ3n) is 3.24. The van der Waals surface area contributed by atoms with Crippen molar-refractivity contribution >= 4 is 34.6 Å². The van der Waals surface area contributed by atoms with Crippen LogP contribution in [0.1, 0.15) is 12.0 Å². The number of carbonyl (C=O) groups excluding carboxylic acids is 1. The van der Waals surface area contributed by atoms with Gasteiger partial charge in [-0.05, 0) is 19.1 Å². The lowest BCUT2D eigenvalue weighted by molar-refractivity contribution is -0.116. The molecule has 0 saturated heterocycles. The topological polar surface area (TPSA) is 88.5 Å². The standard InChI is InChI=1S/C14H14N6OS2/c1-9-2-4-10(5-3-9)12-17-19-14(22)20(12)7-6-11(21)16-13-18-15-8-23-13/h2-5,8H,6-7H2,1H3,(H,19,22)(H,16,18,21). The minimum Gasteiger partial charge on any atom is -0.300 e. The molecule has 118 valence electrons. The van der Waals surface area contributed by atoms with Gasteiger partial charge in [0.15, 0.2) is 10.6 Å². The van der Waals surface area contributed by atoms with E-state index in [2.05, 4.69) is 25.7 Å². The number of amides is 1. The Labute approximate surface area is 141 Å². The summed E-state index contributed by atoms with van der Waals surface area (Å²) in [6, 6.07) is 8.00. The van der Waals surface area contributed by atoms with Gasteiger partial charge >= 0.3 is 0 Å². The number of hydrogen-bond acceptors (Lipinski definition) is 6. The van der Waals surface area contributed by atoms with Crippen LogP contribution in [0.2, 0.25) is 0 Å². The van der Waals surface area contributed by atoms with Crippen LogP contribution in [0.3, 0.4) is 0 Å². The number of nitrogens with one attached hydrogen (secondary N) is 2. The van der Waals surface area contributed by atoms with Gasteiger partial charge in [-0.1, -0.05) is 41.2 Å². The van der Waals surface area contributed by atoms with E-state index in [1.165, 1.54) is 16.9 Å². The fourth-order valence-electron chi connectivity index (χ4n) is 2.07. The van der Waals surface area contributed by atoms with Gasteiger partial charge in [-0.15, -0.1) is 10.2 Å². The van der Waals surface area contributed by atoms with Crippen LogP contribution in [0.15, 0.2) is 29.8 Å². The smallest absolute Gasteiger partial charge is 0.227 e. The predicted molar refractivity (Wildman–Crippen MR) is 90.7 cm³/mol. The maximum atomic E-state index is 12.0. The second-order valence-electron chi connectivity index (χ2n) is 4.91. The maximum absolute atomic E-state index is 12.0. The molecule has 7 nitrogen and oxygen atoms in total. The molecule has 0 fully saturated rings. The molecule has 9 heteroatoms. The Morgan fingerprint density at radius 2 is 2.17 bits per heavy atom. The van der Waals surface area contributed by atoms with E-state index in [4.69, 9.17) is 12.2 Å². The summed E-state index contributed by atoms with van der Waals surface area (Å²) in [6.45, 7) is 2.46. The highest BCUT2D eigenvalue weighted by Gasteiger charge is 2.11. The molecule has 3 aromatic rings. The zero-order valence-corrected chi connectivity index (χ0v) is 13.9. The van der Waals surface area contributed by atoms with Crippen molar-refractivity contribution in [2.45, 2.75) is 19.9 Å². The Kier molecular flexibility index (Phi) is 4.58. The van der Waals surface area contributed by atoms with E-state index in [0.29, 0.717) is 16.4 Å². The zero-order chi connectivity index (χ0) is 16.2. The lowest BCUT2D eigenvalue weighted by atomic mass is 10.1. The van der Waals surface area contributed by atoms with Gasteiger partial charge in [0, 0.05) is 18.5 Å². The molecule has 0 saturated carbocycles. The number of aromatic nitrogens is 5. The number of aromatic amines is 1. The van der Waals surface area contributed by atoms with Crippen molar-refractivity contribution in [1.29, 1.82) is 0 Å². The lowest BCUT2D eigenvalue weighted by Crippen LogP contribution is -2.15. The molecule has 0 unspecified atom stereocenters. The fourth-order valence-corrected chi connectivity index (χ4v) is 2.76. The summed E-state index contributed by atoms with van der Waals surface area (Å²) in [5, 5.41) is 17.7. The van der Waals surface area contributed by atoms with E-state index in [-0.39, 0.29) is 12.3 Å². The van der Waals surface area contributed by atoms with Crippen molar-refractivity contribution in [2.75, 3.05) is 5.32 Å². The molecule has 0 spiro atoms. The van der Waals surface area contributed by atoms with E-state index >= 15 is 0 Å². The number of benzene rings is 1. The van der Waals surface area contributed by atoms with Crippen LogP contribution in [0.5, 0.6) is 0 Å². The van der Waals surface area contributed by atoms with Crippen LogP contribution in [0.25, 0.3) is 11.4 Å². The first kappa shape index (κ1) is 15.5. The summed E-state index contributed by atoms with van der Waals surface area (Å²) in [5.41, 5.74) is 3.69. The molecular weight excluding hydrogens is 332 g/mol. The minimum absolute atomic E-state index is 0.139. The molecule has 1 aromatic carbocycles. The van der Waals surface area contributed by atoms with Crippen LogP contribution in [-0.4, -0.2) is 30.9 Å². The largest absolute Gasteiger partial charge is 0.300 e. The molecule has 0 aliphatic carbocycles. The summed E-state index contributed by atoms with van der Waals surface area (Å²) < 4.78 is 2.31. The molecule has 1 amide bonds. The number of H-pyrrole nitrogens is 1. The van der Waals surface area contributed by atoms with Crippen LogP contribution in [-0.2, 0) is 11.3 Å². The SMILES string of the molecule is Cc1ccc(-c2n[nH]c(=S)n2CCC(=O)Nc2nncs2)cc1.